The van der Waals surface area contributed by atoms with E-state index in [0.717, 1.165) is 49.9 Å². The summed E-state index contributed by atoms with van der Waals surface area (Å²) in [6.45, 7) is 2.56. The van der Waals surface area contributed by atoms with Crippen LogP contribution in [0.3, 0.4) is 0 Å². The van der Waals surface area contributed by atoms with Gasteiger partial charge in [-0.3, -0.25) is 19.6 Å². The normalized spacial score (nSPS) is 32.8. The van der Waals surface area contributed by atoms with Gasteiger partial charge in [-0.15, -0.1) is 0 Å². The lowest BCUT2D eigenvalue weighted by molar-refractivity contribution is -0.385. The first kappa shape index (κ1) is 16.5. The molecule has 1 N–H and O–H groups in total. The predicted molar refractivity (Wildman–Crippen MR) is 92.3 cm³/mol. The van der Waals surface area contributed by atoms with E-state index in [1.807, 2.05) is 6.92 Å². The van der Waals surface area contributed by atoms with Gasteiger partial charge >= 0.3 is 5.69 Å². The first-order valence-electron chi connectivity index (χ1n) is 9.53. The summed E-state index contributed by atoms with van der Waals surface area (Å²) in [5.74, 6) is 1.73. The molecule has 4 fully saturated rings. The van der Waals surface area contributed by atoms with E-state index >= 15 is 0 Å². The molecule has 0 spiro atoms. The number of rotatable bonds is 6. The Hall–Kier alpha value is -1.92. The van der Waals surface area contributed by atoms with Crippen LogP contribution >= 0.6 is 0 Å². The highest BCUT2D eigenvalue weighted by Gasteiger charge is 2.53. The molecule has 25 heavy (non-hydrogen) atoms. The van der Waals surface area contributed by atoms with Crippen molar-refractivity contribution < 1.29 is 9.72 Å². The van der Waals surface area contributed by atoms with Gasteiger partial charge in [0.05, 0.1) is 10.5 Å². The topological polar surface area (TPSA) is 90.1 Å². The maximum atomic E-state index is 12.4. The zero-order valence-corrected chi connectivity index (χ0v) is 14.7. The summed E-state index contributed by atoms with van der Waals surface area (Å²) in [7, 11) is 0. The number of carbonyl (C=O) groups is 1. The van der Waals surface area contributed by atoms with Gasteiger partial charge in [0.2, 0.25) is 5.69 Å². The van der Waals surface area contributed by atoms with Crippen LogP contribution in [0.25, 0.3) is 0 Å². The molecule has 4 aliphatic carbocycles. The minimum Gasteiger partial charge on any atom is -0.350 e. The van der Waals surface area contributed by atoms with Crippen LogP contribution < -0.4 is 5.32 Å². The van der Waals surface area contributed by atoms with E-state index in [1.54, 1.807) is 4.68 Å². The van der Waals surface area contributed by atoms with Crippen molar-refractivity contribution in [3.63, 3.8) is 0 Å². The van der Waals surface area contributed by atoms with Gasteiger partial charge in [-0.2, -0.15) is 5.10 Å². The summed E-state index contributed by atoms with van der Waals surface area (Å²) < 4.78 is 1.80. The molecule has 0 aliphatic heterocycles. The number of nitrogens with zero attached hydrogens (tertiary/aromatic N) is 3. The third kappa shape index (κ3) is 2.83. The van der Waals surface area contributed by atoms with Crippen LogP contribution in [-0.2, 0) is 5.54 Å². The van der Waals surface area contributed by atoms with E-state index in [1.165, 1.54) is 25.5 Å². The number of nitro groups is 1. The van der Waals surface area contributed by atoms with E-state index in [9.17, 15) is 14.9 Å². The fraction of sp³-hybridized carbons (Fsp3) is 0.778. The van der Waals surface area contributed by atoms with Gasteiger partial charge in [0.25, 0.3) is 5.91 Å². The van der Waals surface area contributed by atoms with Crippen molar-refractivity contribution in [3.05, 3.63) is 22.0 Å². The molecule has 0 aromatic carbocycles. The number of aromatic nitrogens is 2. The van der Waals surface area contributed by atoms with E-state index in [0.29, 0.717) is 6.54 Å². The zero-order chi connectivity index (χ0) is 17.6. The maximum absolute atomic E-state index is 12.4. The molecule has 0 radical (unpaired) electrons. The molecule has 1 heterocycles. The van der Waals surface area contributed by atoms with Crippen LogP contribution in [0.4, 0.5) is 5.69 Å². The molecule has 1 aromatic rings. The van der Waals surface area contributed by atoms with Crippen LogP contribution in [0.5, 0.6) is 0 Å². The summed E-state index contributed by atoms with van der Waals surface area (Å²) in [5, 5.41) is 18.7. The van der Waals surface area contributed by atoms with Crippen molar-refractivity contribution in [2.24, 2.45) is 17.8 Å². The van der Waals surface area contributed by atoms with E-state index in [2.05, 4.69) is 10.4 Å². The van der Waals surface area contributed by atoms with Crippen molar-refractivity contribution in [1.82, 2.24) is 15.1 Å². The Morgan fingerprint density at radius 2 is 1.92 bits per heavy atom. The minimum atomic E-state index is -0.473. The van der Waals surface area contributed by atoms with Crippen LogP contribution in [0.1, 0.15) is 68.8 Å². The smallest absolute Gasteiger partial charge is 0.320 e. The lowest BCUT2D eigenvalue weighted by Crippen LogP contribution is -2.52. The van der Waals surface area contributed by atoms with Crippen LogP contribution in [0.15, 0.2) is 6.20 Å². The van der Waals surface area contributed by atoms with E-state index in [4.69, 9.17) is 0 Å². The van der Waals surface area contributed by atoms with Gasteiger partial charge < -0.3 is 5.32 Å². The highest BCUT2D eigenvalue weighted by molar-refractivity contribution is 5.96. The Morgan fingerprint density at radius 3 is 2.44 bits per heavy atom. The molecule has 4 bridgehead atoms. The third-order valence-corrected chi connectivity index (χ3v) is 6.41. The minimum absolute atomic E-state index is 0.0307. The van der Waals surface area contributed by atoms with E-state index in [-0.39, 0.29) is 16.9 Å². The monoisotopic (exact) mass is 346 g/mol. The fourth-order valence-electron chi connectivity index (χ4n) is 5.71. The van der Waals surface area contributed by atoms with Gasteiger partial charge in [-0.1, -0.05) is 13.3 Å². The van der Waals surface area contributed by atoms with Gasteiger partial charge in [-0.05, 0) is 62.7 Å². The second-order valence-corrected chi connectivity index (χ2v) is 8.32. The quantitative estimate of drug-likeness (QED) is 0.486. The summed E-state index contributed by atoms with van der Waals surface area (Å²) in [4.78, 5) is 23.4. The average Bonchev–Trinajstić information content (AvgIpc) is 3.00. The Bertz CT molecular complexity index is 661. The van der Waals surface area contributed by atoms with Crippen molar-refractivity contribution in [2.45, 2.75) is 63.8 Å². The molecule has 4 saturated carbocycles. The predicted octanol–water partition coefficient (Wildman–Crippen LogP) is 3.25. The summed E-state index contributed by atoms with van der Waals surface area (Å²) >= 11 is 0. The van der Waals surface area contributed by atoms with Gasteiger partial charge in [0.1, 0.15) is 6.20 Å². The summed E-state index contributed by atoms with van der Waals surface area (Å²) in [5.41, 5.74) is -0.303. The molecule has 4 aliphatic rings. The Balaban J connectivity index is 1.64. The number of unbranched alkanes of at least 4 members (excludes halogenated alkanes) is 1. The van der Waals surface area contributed by atoms with Crippen LogP contribution in [0, 0.1) is 27.9 Å². The molecular formula is C18H26N4O3. The van der Waals surface area contributed by atoms with Crippen molar-refractivity contribution >= 4 is 11.6 Å². The molecule has 7 heteroatoms. The van der Waals surface area contributed by atoms with Gasteiger partial charge in [0, 0.05) is 6.54 Å². The standard InChI is InChI=1S/C18H26N4O3/c1-2-3-4-19-17(23)16-15(22(24)25)11-21(20-16)18-8-12-5-13(9-18)7-14(6-12)10-18/h11-14H,2-10H2,1H3,(H,19,23). The maximum Gasteiger partial charge on any atom is 0.320 e. The first-order chi connectivity index (χ1) is 12.0. The average molecular weight is 346 g/mol. The molecule has 0 saturated heterocycles. The number of carbonyl (C=O) groups excluding carboxylic acids is 1. The second-order valence-electron chi connectivity index (χ2n) is 8.32. The van der Waals surface area contributed by atoms with Crippen molar-refractivity contribution in [1.29, 1.82) is 0 Å². The zero-order valence-electron chi connectivity index (χ0n) is 14.7. The van der Waals surface area contributed by atoms with Gasteiger partial charge in [0.15, 0.2) is 0 Å². The van der Waals surface area contributed by atoms with E-state index < -0.39 is 10.8 Å². The van der Waals surface area contributed by atoms with Crippen molar-refractivity contribution in [2.75, 3.05) is 6.54 Å². The number of nitrogens with one attached hydrogen (secondary N) is 1. The Morgan fingerprint density at radius 1 is 1.32 bits per heavy atom. The second kappa shape index (κ2) is 6.11. The molecular weight excluding hydrogens is 320 g/mol. The van der Waals surface area contributed by atoms with Gasteiger partial charge in [-0.25, -0.2) is 0 Å². The van der Waals surface area contributed by atoms with Crippen molar-refractivity contribution in [3.8, 4) is 0 Å². The molecule has 1 amide bonds. The fourth-order valence-corrected chi connectivity index (χ4v) is 5.71. The summed E-state index contributed by atoms with van der Waals surface area (Å²) in [6, 6.07) is 0. The Labute approximate surface area is 147 Å². The third-order valence-electron chi connectivity index (χ3n) is 6.41. The van der Waals surface area contributed by atoms with Crippen LogP contribution in [0.2, 0.25) is 0 Å². The number of hydrogen-bond acceptors (Lipinski definition) is 4. The Kier molecular flexibility index (Phi) is 4.04. The molecule has 0 atom stereocenters. The molecule has 1 aromatic heterocycles. The lowest BCUT2D eigenvalue weighted by atomic mass is 9.53. The SMILES string of the molecule is CCCCNC(=O)c1nn(C23CC4CC(CC(C4)C2)C3)cc1[N+](=O)[O-]. The summed E-state index contributed by atoms with van der Waals surface area (Å²) in [6.07, 6.45) is 10.4. The molecule has 0 unspecified atom stereocenters. The first-order valence-corrected chi connectivity index (χ1v) is 9.53. The highest BCUT2D eigenvalue weighted by Crippen LogP contribution is 2.58. The van der Waals surface area contributed by atoms with Crippen LogP contribution in [-0.4, -0.2) is 27.2 Å². The lowest BCUT2D eigenvalue weighted by Gasteiger charge is -2.56. The number of hydrogen-bond donors (Lipinski definition) is 1. The number of amides is 1. The molecule has 7 nitrogen and oxygen atoms in total. The highest BCUT2D eigenvalue weighted by atomic mass is 16.6. The molecule has 136 valence electrons. The largest absolute Gasteiger partial charge is 0.350 e. The molecule has 5 rings (SSSR count).